The van der Waals surface area contributed by atoms with Crippen molar-refractivity contribution in [2.45, 2.75) is 20.3 Å². The second-order valence-corrected chi connectivity index (χ2v) is 3.89. The fourth-order valence-corrected chi connectivity index (χ4v) is 1.41. The van der Waals surface area contributed by atoms with E-state index in [9.17, 15) is 9.59 Å². The number of benzene rings is 1. The number of rotatable bonds is 4. The number of hydrogen-bond donors (Lipinski definition) is 2. The zero-order valence-corrected chi connectivity index (χ0v) is 9.73. The topological polar surface area (TPSA) is 74.6 Å². The molecular formula is C13H14O4. The molecule has 2 N–H and O–H groups in total. The molecule has 0 aliphatic rings. The SMILES string of the molecule is Cc1ccc(/C=C(\CC(=O)O)C(=O)O)cc1C. The molecule has 1 aromatic carbocycles. The molecule has 0 aliphatic carbocycles. The van der Waals surface area contributed by atoms with E-state index < -0.39 is 18.4 Å². The van der Waals surface area contributed by atoms with Crippen molar-refractivity contribution in [2.24, 2.45) is 0 Å². The summed E-state index contributed by atoms with van der Waals surface area (Å²) in [4.78, 5) is 21.4. The van der Waals surface area contributed by atoms with Gasteiger partial charge in [0.15, 0.2) is 0 Å². The van der Waals surface area contributed by atoms with Gasteiger partial charge in [0.25, 0.3) is 0 Å². The van der Waals surface area contributed by atoms with Crippen LogP contribution in [0.15, 0.2) is 23.8 Å². The predicted molar refractivity (Wildman–Crippen MR) is 63.8 cm³/mol. The van der Waals surface area contributed by atoms with Crippen molar-refractivity contribution in [1.29, 1.82) is 0 Å². The van der Waals surface area contributed by atoms with Crippen LogP contribution in [0.2, 0.25) is 0 Å². The van der Waals surface area contributed by atoms with Crippen LogP contribution in [0.25, 0.3) is 6.08 Å². The van der Waals surface area contributed by atoms with Gasteiger partial charge in [0, 0.05) is 5.57 Å². The molecule has 0 atom stereocenters. The van der Waals surface area contributed by atoms with Gasteiger partial charge in [-0.05, 0) is 36.6 Å². The highest BCUT2D eigenvalue weighted by molar-refractivity contribution is 5.96. The first kappa shape index (κ1) is 13.0. The standard InChI is InChI=1S/C13H14O4/c1-8-3-4-10(5-9(8)2)6-11(13(16)17)7-12(14)15/h3-6H,7H2,1-2H3,(H,14,15)(H,16,17)/b11-6+. The van der Waals surface area contributed by atoms with E-state index in [-0.39, 0.29) is 5.57 Å². The van der Waals surface area contributed by atoms with E-state index in [1.54, 1.807) is 6.07 Å². The van der Waals surface area contributed by atoms with Crippen molar-refractivity contribution in [3.63, 3.8) is 0 Å². The van der Waals surface area contributed by atoms with Gasteiger partial charge in [-0.3, -0.25) is 4.79 Å². The molecule has 90 valence electrons. The van der Waals surface area contributed by atoms with Crippen molar-refractivity contribution < 1.29 is 19.8 Å². The van der Waals surface area contributed by atoms with Crippen molar-refractivity contribution in [3.8, 4) is 0 Å². The highest BCUT2D eigenvalue weighted by Gasteiger charge is 2.11. The lowest BCUT2D eigenvalue weighted by atomic mass is 10.0. The number of carboxylic acids is 2. The van der Waals surface area contributed by atoms with E-state index in [1.165, 1.54) is 6.08 Å². The van der Waals surface area contributed by atoms with Gasteiger partial charge < -0.3 is 10.2 Å². The van der Waals surface area contributed by atoms with Crippen LogP contribution in [0.3, 0.4) is 0 Å². The van der Waals surface area contributed by atoms with Gasteiger partial charge in [0.05, 0.1) is 6.42 Å². The largest absolute Gasteiger partial charge is 0.481 e. The van der Waals surface area contributed by atoms with Crippen molar-refractivity contribution in [3.05, 3.63) is 40.5 Å². The van der Waals surface area contributed by atoms with E-state index in [0.29, 0.717) is 5.56 Å². The van der Waals surface area contributed by atoms with E-state index in [2.05, 4.69) is 0 Å². The monoisotopic (exact) mass is 234 g/mol. The maximum absolute atomic E-state index is 10.9. The minimum Gasteiger partial charge on any atom is -0.481 e. The minimum absolute atomic E-state index is 0.124. The number of carbonyl (C=O) groups is 2. The molecular weight excluding hydrogens is 220 g/mol. The molecule has 17 heavy (non-hydrogen) atoms. The number of carboxylic acid groups (broad SMARTS) is 2. The van der Waals surface area contributed by atoms with Crippen LogP contribution in [0, 0.1) is 13.8 Å². The molecule has 0 amide bonds. The maximum atomic E-state index is 10.9. The summed E-state index contributed by atoms with van der Waals surface area (Å²) >= 11 is 0. The van der Waals surface area contributed by atoms with Gasteiger partial charge in [-0.15, -0.1) is 0 Å². The average molecular weight is 234 g/mol. The molecule has 4 heteroatoms. The van der Waals surface area contributed by atoms with Crippen molar-refractivity contribution >= 4 is 18.0 Å². The minimum atomic E-state index is -1.20. The molecule has 1 aromatic rings. The Hall–Kier alpha value is -2.10. The lowest BCUT2D eigenvalue weighted by Gasteiger charge is -2.03. The number of hydrogen-bond acceptors (Lipinski definition) is 2. The molecule has 0 fully saturated rings. The molecule has 0 saturated heterocycles. The molecule has 0 heterocycles. The Kier molecular flexibility index (Phi) is 4.04. The summed E-state index contributed by atoms with van der Waals surface area (Å²) in [6.45, 7) is 3.88. The zero-order chi connectivity index (χ0) is 13.0. The molecule has 0 spiro atoms. The Morgan fingerprint density at radius 1 is 1.18 bits per heavy atom. The summed E-state index contributed by atoms with van der Waals surface area (Å²) in [5, 5.41) is 17.5. The van der Waals surface area contributed by atoms with Gasteiger partial charge in [0.2, 0.25) is 0 Å². The molecule has 0 aliphatic heterocycles. The summed E-state index contributed by atoms with van der Waals surface area (Å²) in [5.74, 6) is -2.35. The smallest absolute Gasteiger partial charge is 0.332 e. The molecule has 1 rings (SSSR count). The predicted octanol–water partition coefficient (Wildman–Crippen LogP) is 2.25. The fourth-order valence-electron chi connectivity index (χ4n) is 1.41. The first-order valence-corrected chi connectivity index (χ1v) is 5.13. The van der Waals surface area contributed by atoms with Crippen LogP contribution in [0.5, 0.6) is 0 Å². The lowest BCUT2D eigenvalue weighted by molar-refractivity contribution is -0.139. The van der Waals surface area contributed by atoms with E-state index in [0.717, 1.165) is 11.1 Å². The molecule has 0 saturated carbocycles. The second-order valence-electron chi connectivity index (χ2n) is 3.89. The van der Waals surface area contributed by atoms with Crippen LogP contribution in [0.1, 0.15) is 23.1 Å². The molecule has 0 aromatic heterocycles. The van der Waals surface area contributed by atoms with Crippen molar-refractivity contribution in [2.75, 3.05) is 0 Å². The fraction of sp³-hybridized carbons (Fsp3) is 0.231. The maximum Gasteiger partial charge on any atom is 0.332 e. The van der Waals surface area contributed by atoms with E-state index in [4.69, 9.17) is 10.2 Å². The third-order valence-corrected chi connectivity index (χ3v) is 2.49. The molecule has 0 radical (unpaired) electrons. The molecule has 4 nitrogen and oxygen atoms in total. The normalized spacial score (nSPS) is 11.3. The number of aryl methyl sites for hydroxylation is 2. The quantitative estimate of drug-likeness (QED) is 0.783. The summed E-state index contributed by atoms with van der Waals surface area (Å²) in [6.07, 6.45) is 0.908. The van der Waals surface area contributed by atoms with Crippen LogP contribution in [-0.2, 0) is 9.59 Å². The Labute approximate surface area is 99.2 Å². The Balaban J connectivity index is 3.08. The average Bonchev–Trinajstić information content (AvgIpc) is 2.21. The highest BCUT2D eigenvalue weighted by atomic mass is 16.4. The van der Waals surface area contributed by atoms with E-state index in [1.807, 2.05) is 26.0 Å². The van der Waals surface area contributed by atoms with Gasteiger partial charge in [0.1, 0.15) is 0 Å². The summed E-state index contributed by atoms with van der Waals surface area (Å²) in [6, 6.07) is 5.48. The van der Waals surface area contributed by atoms with Crippen LogP contribution < -0.4 is 0 Å². The second kappa shape index (κ2) is 5.30. The summed E-state index contributed by atoms with van der Waals surface area (Å²) < 4.78 is 0. The first-order valence-electron chi connectivity index (χ1n) is 5.13. The first-order chi connectivity index (χ1) is 7.90. The molecule has 0 unspecified atom stereocenters. The molecule has 0 bridgehead atoms. The van der Waals surface area contributed by atoms with Gasteiger partial charge in [-0.2, -0.15) is 0 Å². The summed E-state index contributed by atoms with van der Waals surface area (Å²) in [7, 11) is 0. The summed E-state index contributed by atoms with van der Waals surface area (Å²) in [5.41, 5.74) is 2.73. The zero-order valence-electron chi connectivity index (χ0n) is 9.73. The number of aliphatic carboxylic acids is 2. The highest BCUT2D eigenvalue weighted by Crippen LogP contribution is 2.14. The Bertz CT molecular complexity index is 486. The Morgan fingerprint density at radius 2 is 1.82 bits per heavy atom. The van der Waals surface area contributed by atoms with Crippen LogP contribution >= 0.6 is 0 Å². The van der Waals surface area contributed by atoms with Crippen molar-refractivity contribution in [1.82, 2.24) is 0 Å². The lowest BCUT2D eigenvalue weighted by Crippen LogP contribution is -2.06. The van der Waals surface area contributed by atoms with Gasteiger partial charge >= 0.3 is 11.9 Å². The van der Waals surface area contributed by atoms with Crippen LogP contribution in [0.4, 0.5) is 0 Å². The Morgan fingerprint density at radius 3 is 2.29 bits per heavy atom. The van der Waals surface area contributed by atoms with Crippen LogP contribution in [-0.4, -0.2) is 22.2 Å². The van der Waals surface area contributed by atoms with Gasteiger partial charge in [-0.25, -0.2) is 4.79 Å². The van der Waals surface area contributed by atoms with Gasteiger partial charge in [-0.1, -0.05) is 18.2 Å². The third kappa shape index (κ3) is 3.75. The van der Waals surface area contributed by atoms with E-state index >= 15 is 0 Å². The third-order valence-electron chi connectivity index (χ3n) is 2.49.